The molecule has 3 nitrogen and oxygen atoms in total. The summed E-state index contributed by atoms with van der Waals surface area (Å²) in [6.07, 6.45) is 1.67. The molecule has 0 bridgehead atoms. The van der Waals surface area contributed by atoms with Gasteiger partial charge in [-0.15, -0.1) is 0 Å². The Balaban J connectivity index is 2.96. The number of Topliss-reactive ketones (excluding diaryl/α,β-unsaturated/α-hetero) is 1. The van der Waals surface area contributed by atoms with Gasteiger partial charge in [0, 0.05) is 6.20 Å². The van der Waals surface area contributed by atoms with Crippen LogP contribution in [0, 0.1) is 16.7 Å². The zero-order chi connectivity index (χ0) is 9.19. The van der Waals surface area contributed by atoms with Crippen molar-refractivity contribution in [2.45, 2.75) is 13.8 Å². The van der Waals surface area contributed by atoms with Crippen molar-refractivity contribution in [2.24, 2.45) is 5.41 Å². The first-order chi connectivity index (χ1) is 5.58. The molecule has 0 saturated heterocycles. The highest BCUT2D eigenvalue weighted by molar-refractivity contribution is 6.00. The van der Waals surface area contributed by atoms with Gasteiger partial charge in [0.15, 0.2) is 5.78 Å². The van der Waals surface area contributed by atoms with E-state index in [9.17, 15) is 4.79 Å². The average Bonchev–Trinajstić information content (AvgIpc) is 2.55. The summed E-state index contributed by atoms with van der Waals surface area (Å²) in [7, 11) is 0. The minimum absolute atomic E-state index is 0.171. The van der Waals surface area contributed by atoms with Crippen LogP contribution in [0.25, 0.3) is 0 Å². The quantitative estimate of drug-likeness (QED) is 0.673. The molecule has 0 spiro atoms. The monoisotopic (exact) mass is 162 g/mol. The van der Waals surface area contributed by atoms with Gasteiger partial charge in [-0.3, -0.25) is 4.79 Å². The van der Waals surface area contributed by atoms with E-state index in [2.05, 4.69) is 4.98 Å². The van der Waals surface area contributed by atoms with Gasteiger partial charge < -0.3 is 4.98 Å². The number of aromatic amines is 1. The first-order valence-corrected chi connectivity index (χ1v) is 3.67. The summed E-state index contributed by atoms with van der Waals surface area (Å²) in [6, 6.07) is 5.36. The number of aromatic nitrogens is 1. The summed E-state index contributed by atoms with van der Waals surface area (Å²) in [6.45, 7) is 3.21. The highest BCUT2D eigenvalue weighted by atomic mass is 16.1. The molecule has 12 heavy (non-hydrogen) atoms. The number of rotatable bonds is 2. The molecule has 0 aliphatic heterocycles. The second kappa shape index (κ2) is 2.82. The number of nitrogens with zero attached hydrogens (tertiary/aromatic N) is 1. The Hall–Kier alpha value is -1.56. The van der Waals surface area contributed by atoms with Crippen LogP contribution in [-0.4, -0.2) is 10.8 Å². The second-order valence-electron chi connectivity index (χ2n) is 3.15. The number of ketones is 1. The van der Waals surface area contributed by atoms with Crippen LogP contribution >= 0.6 is 0 Å². The predicted molar refractivity (Wildman–Crippen MR) is 44.5 cm³/mol. The van der Waals surface area contributed by atoms with Gasteiger partial charge in [0.2, 0.25) is 0 Å². The Morgan fingerprint density at radius 2 is 2.33 bits per heavy atom. The van der Waals surface area contributed by atoms with Gasteiger partial charge >= 0.3 is 0 Å². The van der Waals surface area contributed by atoms with Crippen LogP contribution < -0.4 is 0 Å². The normalized spacial score (nSPS) is 10.8. The van der Waals surface area contributed by atoms with Crippen LogP contribution in [-0.2, 0) is 0 Å². The smallest absolute Gasteiger partial charge is 0.198 e. The fourth-order valence-corrected chi connectivity index (χ4v) is 0.859. The number of hydrogen-bond donors (Lipinski definition) is 1. The largest absolute Gasteiger partial charge is 0.359 e. The van der Waals surface area contributed by atoms with E-state index in [-0.39, 0.29) is 5.78 Å². The standard InChI is InChI=1S/C9H10N2O/c1-9(2,6-10)8(12)7-4-3-5-11-7/h3-5,11H,1-2H3. The molecular formula is C9H10N2O. The number of hydrogen-bond acceptors (Lipinski definition) is 2. The van der Waals surface area contributed by atoms with E-state index in [1.807, 2.05) is 6.07 Å². The van der Waals surface area contributed by atoms with Crippen molar-refractivity contribution in [3.05, 3.63) is 24.0 Å². The van der Waals surface area contributed by atoms with E-state index in [1.54, 1.807) is 32.2 Å². The summed E-state index contributed by atoms with van der Waals surface area (Å²) in [5, 5.41) is 8.68. The molecule has 0 unspecified atom stereocenters. The average molecular weight is 162 g/mol. The Morgan fingerprint density at radius 1 is 1.67 bits per heavy atom. The molecule has 62 valence electrons. The summed E-state index contributed by atoms with van der Waals surface area (Å²) in [5.41, 5.74) is -0.452. The van der Waals surface area contributed by atoms with Crippen molar-refractivity contribution in [1.29, 1.82) is 5.26 Å². The molecule has 0 saturated carbocycles. The van der Waals surface area contributed by atoms with Crippen molar-refractivity contribution in [1.82, 2.24) is 4.98 Å². The molecule has 0 fully saturated rings. The van der Waals surface area contributed by atoms with Crippen LogP contribution in [0.3, 0.4) is 0 Å². The zero-order valence-corrected chi connectivity index (χ0v) is 7.09. The number of carbonyl (C=O) groups excluding carboxylic acids is 1. The maximum Gasteiger partial charge on any atom is 0.198 e. The summed E-state index contributed by atoms with van der Waals surface area (Å²) in [5.74, 6) is -0.171. The Bertz CT molecular complexity index is 317. The third-order valence-corrected chi connectivity index (χ3v) is 1.69. The van der Waals surface area contributed by atoms with Crippen molar-refractivity contribution < 1.29 is 4.79 Å². The van der Waals surface area contributed by atoms with Crippen LogP contribution in [0.4, 0.5) is 0 Å². The van der Waals surface area contributed by atoms with Crippen molar-refractivity contribution in [2.75, 3.05) is 0 Å². The van der Waals surface area contributed by atoms with Crippen LogP contribution in [0.1, 0.15) is 24.3 Å². The topological polar surface area (TPSA) is 56.6 Å². The highest BCUT2D eigenvalue weighted by Gasteiger charge is 2.28. The Kier molecular flexibility index (Phi) is 2.01. The second-order valence-corrected chi connectivity index (χ2v) is 3.15. The molecule has 1 heterocycles. The van der Waals surface area contributed by atoms with Gasteiger partial charge in [-0.1, -0.05) is 0 Å². The van der Waals surface area contributed by atoms with Crippen molar-refractivity contribution >= 4 is 5.78 Å². The molecule has 3 heteroatoms. The maximum absolute atomic E-state index is 11.5. The van der Waals surface area contributed by atoms with Gasteiger partial charge in [-0.2, -0.15) is 5.26 Å². The summed E-state index contributed by atoms with van der Waals surface area (Å²) in [4.78, 5) is 14.3. The van der Waals surface area contributed by atoms with Crippen LogP contribution in [0.15, 0.2) is 18.3 Å². The molecule has 1 rings (SSSR count). The van der Waals surface area contributed by atoms with E-state index < -0.39 is 5.41 Å². The molecular weight excluding hydrogens is 152 g/mol. The lowest BCUT2D eigenvalue weighted by atomic mass is 9.88. The molecule has 0 radical (unpaired) electrons. The maximum atomic E-state index is 11.5. The summed E-state index contributed by atoms with van der Waals surface area (Å²) >= 11 is 0. The Morgan fingerprint density at radius 3 is 2.75 bits per heavy atom. The van der Waals surface area contributed by atoms with Gasteiger partial charge in [-0.25, -0.2) is 0 Å². The fraction of sp³-hybridized carbons (Fsp3) is 0.333. The molecule has 0 aliphatic carbocycles. The number of nitrogens with one attached hydrogen (secondary N) is 1. The molecule has 1 N–H and O–H groups in total. The molecule has 1 aromatic rings. The first kappa shape index (κ1) is 8.54. The molecule has 0 aromatic carbocycles. The highest BCUT2D eigenvalue weighted by Crippen LogP contribution is 2.19. The van der Waals surface area contributed by atoms with E-state index in [1.165, 1.54) is 0 Å². The molecule has 1 aromatic heterocycles. The number of H-pyrrole nitrogens is 1. The van der Waals surface area contributed by atoms with E-state index in [0.717, 1.165) is 0 Å². The van der Waals surface area contributed by atoms with Crippen LogP contribution in [0.2, 0.25) is 0 Å². The van der Waals surface area contributed by atoms with Crippen LogP contribution in [0.5, 0.6) is 0 Å². The van der Waals surface area contributed by atoms with Crippen molar-refractivity contribution in [3.63, 3.8) is 0 Å². The zero-order valence-electron chi connectivity index (χ0n) is 7.09. The van der Waals surface area contributed by atoms with E-state index in [4.69, 9.17) is 5.26 Å². The van der Waals surface area contributed by atoms with Crippen molar-refractivity contribution in [3.8, 4) is 6.07 Å². The fourth-order valence-electron chi connectivity index (χ4n) is 0.859. The van der Waals surface area contributed by atoms with E-state index >= 15 is 0 Å². The molecule has 0 amide bonds. The lowest BCUT2D eigenvalue weighted by Gasteiger charge is -2.11. The number of nitriles is 1. The third kappa shape index (κ3) is 1.37. The summed E-state index contributed by atoms with van der Waals surface area (Å²) < 4.78 is 0. The first-order valence-electron chi connectivity index (χ1n) is 3.67. The third-order valence-electron chi connectivity index (χ3n) is 1.69. The van der Waals surface area contributed by atoms with Gasteiger partial charge in [0.1, 0.15) is 5.41 Å². The van der Waals surface area contributed by atoms with Gasteiger partial charge in [-0.05, 0) is 26.0 Å². The van der Waals surface area contributed by atoms with Gasteiger partial charge in [0.25, 0.3) is 0 Å². The SMILES string of the molecule is CC(C)(C#N)C(=O)c1ccc[nH]1. The number of carbonyl (C=O) groups is 1. The predicted octanol–water partition coefficient (Wildman–Crippen LogP) is 1.75. The molecule has 0 aliphatic rings. The Labute approximate surface area is 71.0 Å². The molecule has 0 atom stereocenters. The van der Waals surface area contributed by atoms with E-state index in [0.29, 0.717) is 5.69 Å². The lowest BCUT2D eigenvalue weighted by Crippen LogP contribution is -2.22. The minimum atomic E-state index is -0.940. The lowest BCUT2D eigenvalue weighted by molar-refractivity contribution is 0.0887. The minimum Gasteiger partial charge on any atom is -0.359 e. The van der Waals surface area contributed by atoms with Gasteiger partial charge in [0.05, 0.1) is 11.8 Å².